The van der Waals surface area contributed by atoms with E-state index >= 15 is 0 Å². The topological polar surface area (TPSA) is 62.8 Å². The molecule has 0 aliphatic heterocycles. The second-order valence-corrected chi connectivity index (χ2v) is 2.07. The van der Waals surface area contributed by atoms with E-state index in [9.17, 15) is 0 Å². The second kappa shape index (κ2) is 5.29. The van der Waals surface area contributed by atoms with Crippen molar-refractivity contribution in [2.24, 2.45) is 0 Å². The second-order valence-electron chi connectivity index (χ2n) is 2.07. The molecule has 3 nitrogen and oxygen atoms in total. The summed E-state index contributed by atoms with van der Waals surface area (Å²) in [5, 5.41) is 6.91. The van der Waals surface area contributed by atoms with Gasteiger partial charge >= 0.3 is 0 Å². The highest BCUT2D eigenvalue weighted by atomic mass is 14.8. The number of pyridine rings is 1. The van der Waals surface area contributed by atoms with Crippen LogP contribution >= 0.6 is 0 Å². The Labute approximate surface area is 74.6 Å². The van der Waals surface area contributed by atoms with Crippen LogP contribution in [-0.2, 0) is 0 Å². The minimum atomic E-state index is 0. The summed E-state index contributed by atoms with van der Waals surface area (Å²) in [7, 11) is 0. The van der Waals surface area contributed by atoms with E-state index in [-0.39, 0.29) is 1.43 Å². The van der Waals surface area contributed by atoms with Gasteiger partial charge in [-0.2, -0.15) is 0 Å². The number of anilines is 1. The maximum absolute atomic E-state index is 6.91. The molecule has 0 aromatic carbocycles. The molecule has 0 aliphatic carbocycles. The molecule has 0 aliphatic rings. The van der Waals surface area contributed by atoms with Crippen LogP contribution in [0.5, 0.6) is 0 Å². The molecular weight excluding hydrogens is 150 g/mol. The normalized spacial score (nSPS) is 8.25. The molecule has 3 heteroatoms. The number of rotatable bonds is 1. The molecule has 68 valence electrons. The van der Waals surface area contributed by atoms with E-state index in [1.165, 1.54) is 6.21 Å². The SMILES string of the molecule is CC.Cc1ccc(C=N)c(N)n1.[HH]. The summed E-state index contributed by atoms with van der Waals surface area (Å²) in [6.07, 6.45) is 1.20. The van der Waals surface area contributed by atoms with E-state index in [2.05, 4.69) is 4.98 Å². The number of nitrogen functional groups attached to an aromatic ring is 1. The van der Waals surface area contributed by atoms with Gasteiger partial charge in [-0.05, 0) is 19.1 Å². The minimum Gasteiger partial charge on any atom is -0.383 e. The van der Waals surface area contributed by atoms with Gasteiger partial charge < -0.3 is 11.1 Å². The third-order valence-corrected chi connectivity index (χ3v) is 1.25. The van der Waals surface area contributed by atoms with Gasteiger partial charge in [0.15, 0.2) is 0 Å². The molecular formula is C9H17N3. The summed E-state index contributed by atoms with van der Waals surface area (Å²) in [6, 6.07) is 3.61. The van der Waals surface area contributed by atoms with Crippen LogP contribution in [0.3, 0.4) is 0 Å². The van der Waals surface area contributed by atoms with Crippen LogP contribution in [0.15, 0.2) is 12.1 Å². The third kappa shape index (κ3) is 2.70. The van der Waals surface area contributed by atoms with Gasteiger partial charge in [-0.15, -0.1) is 0 Å². The van der Waals surface area contributed by atoms with Crippen LogP contribution in [0.1, 0.15) is 26.5 Å². The summed E-state index contributed by atoms with van der Waals surface area (Å²) in [5.74, 6) is 0.426. The number of nitrogens with one attached hydrogen (secondary N) is 1. The lowest BCUT2D eigenvalue weighted by molar-refractivity contribution is 1.21. The summed E-state index contributed by atoms with van der Waals surface area (Å²) < 4.78 is 0. The number of aryl methyl sites for hydroxylation is 1. The largest absolute Gasteiger partial charge is 0.383 e. The van der Waals surface area contributed by atoms with Crippen LogP contribution in [0, 0.1) is 12.3 Å². The van der Waals surface area contributed by atoms with Crippen molar-refractivity contribution in [3.8, 4) is 0 Å². The van der Waals surface area contributed by atoms with Crippen LogP contribution in [-0.4, -0.2) is 11.2 Å². The molecule has 3 N–H and O–H groups in total. The number of nitrogens with two attached hydrogens (primary N) is 1. The Balaban J connectivity index is 0. The molecule has 1 aromatic rings. The van der Waals surface area contributed by atoms with Crippen LogP contribution in [0.25, 0.3) is 0 Å². The quantitative estimate of drug-likeness (QED) is 0.630. The first-order valence-corrected chi connectivity index (χ1v) is 3.97. The summed E-state index contributed by atoms with van der Waals surface area (Å²) >= 11 is 0. The van der Waals surface area contributed by atoms with Crippen molar-refractivity contribution in [1.82, 2.24) is 4.98 Å². The van der Waals surface area contributed by atoms with Crippen molar-refractivity contribution in [3.63, 3.8) is 0 Å². The van der Waals surface area contributed by atoms with E-state index in [0.29, 0.717) is 11.4 Å². The van der Waals surface area contributed by atoms with E-state index in [0.717, 1.165) is 5.69 Å². The molecule has 0 amide bonds. The number of hydrogen-bond acceptors (Lipinski definition) is 3. The smallest absolute Gasteiger partial charge is 0.132 e. The Kier molecular flexibility index (Phi) is 4.69. The Hall–Kier alpha value is -1.38. The molecule has 0 fully saturated rings. The average molecular weight is 167 g/mol. The first-order chi connectivity index (χ1) is 5.74. The molecule has 0 radical (unpaired) electrons. The highest BCUT2D eigenvalue weighted by Gasteiger charge is 1.94. The van der Waals surface area contributed by atoms with Gasteiger partial charge in [0.2, 0.25) is 0 Å². The zero-order valence-corrected chi connectivity index (χ0v) is 7.76. The van der Waals surface area contributed by atoms with E-state index < -0.39 is 0 Å². The standard InChI is InChI=1S/C7H9N3.C2H6.H2/c1-5-2-3-6(4-8)7(9)10-5;1-2;/h2-4,8H,1H3,(H2,9,10);1-2H3;1H. The Bertz CT molecular complexity index is 261. The molecule has 0 bridgehead atoms. The van der Waals surface area contributed by atoms with E-state index in [4.69, 9.17) is 11.1 Å². The van der Waals surface area contributed by atoms with Gasteiger partial charge in [-0.3, -0.25) is 0 Å². The molecule has 1 heterocycles. The molecule has 1 aromatic heterocycles. The van der Waals surface area contributed by atoms with E-state index in [1.807, 2.05) is 26.8 Å². The van der Waals surface area contributed by atoms with Crippen molar-refractivity contribution in [3.05, 3.63) is 23.4 Å². The number of hydrogen-bond donors (Lipinski definition) is 2. The summed E-state index contributed by atoms with van der Waals surface area (Å²) in [6.45, 7) is 5.87. The molecule has 0 saturated heterocycles. The molecule has 0 saturated carbocycles. The fraction of sp³-hybridized carbons (Fsp3) is 0.333. The lowest BCUT2D eigenvalue weighted by atomic mass is 10.2. The van der Waals surface area contributed by atoms with Crippen LogP contribution in [0.4, 0.5) is 5.82 Å². The van der Waals surface area contributed by atoms with Crippen molar-refractivity contribution < 1.29 is 1.43 Å². The maximum atomic E-state index is 6.91. The number of nitrogens with zero attached hydrogens (tertiary/aromatic N) is 1. The fourth-order valence-corrected chi connectivity index (χ4v) is 0.710. The van der Waals surface area contributed by atoms with Gasteiger partial charge in [0.1, 0.15) is 5.82 Å². The Morgan fingerprint density at radius 2 is 2.08 bits per heavy atom. The number of aromatic nitrogens is 1. The monoisotopic (exact) mass is 167 g/mol. The van der Waals surface area contributed by atoms with Gasteiger partial charge in [-0.25, -0.2) is 4.98 Å². The van der Waals surface area contributed by atoms with Crippen molar-refractivity contribution >= 4 is 12.0 Å². The third-order valence-electron chi connectivity index (χ3n) is 1.25. The predicted octanol–water partition coefficient (Wildman–Crippen LogP) is 2.24. The zero-order chi connectivity index (χ0) is 9.56. The fourth-order valence-electron chi connectivity index (χ4n) is 0.710. The first-order valence-electron chi connectivity index (χ1n) is 3.97. The van der Waals surface area contributed by atoms with Crippen molar-refractivity contribution in [2.75, 3.05) is 5.73 Å². The summed E-state index contributed by atoms with van der Waals surface area (Å²) in [5.41, 5.74) is 7.02. The van der Waals surface area contributed by atoms with Gasteiger partial charge in [0, 0.05) is 18.9 Å². The highest BCUT2D eigenvalue weighted by molar-refractivity contribution is 5.83. The maximum Gasteiger partial charge on any atom is 0.132 e. The van der Waals surface area contributed by atoms with Crippen LogP contribution < -0.4 is 5.73 Å². The zero-order valence-electron chi connectivity index (χ0n) is 7.76. The molecule has 0 unspecified atom stereocenters. The average Bonchev–Trinajstić information content (AvgIpc) is 2.08. The predicted molar refractivity (Wildman–Crippen MR) is 54.7 cm³/mol. The minimum absolute atomic E-state index is 0. The lowest BCUT2D eigenvalue weighted by Gasteiger charge is -1.97. The van der Waals surface area contributed by atoms with Gasteiger partial charge in [-0.1, -0.05) is 13.8 Å². The van der Waals surface area contributed by atoms with E-state index in [1.54, 1.807) is 6.07 Å². The highest BCUT2D eigenvalue weighted by Crippen LogP contribution is 2.05. The molecule has 0 atom stereocenters. The first kappa shape index (κ1) is 10.6. The van der Waals surface area contributed by atoms with Crippen molar-refractivity contribution in [1.29, 1.82) is 5.41 Å². The molecule has 0 spiro atoms. The molecule has 1 rings (SSSR count). The Morgan fingerprint density at radius 1 is 1.50 bits per heavy atom. The Morgan fingerprint density at radius 3 is 2.50 bits per heavy atom. The van der Waals surface area contributed by atoms with Crippen molar-refractivity contribution in [2.45, 2.75) is 20.8 Å². The van der Waals surface area contributed by atoms with Crippen LogP contribution in [0.2, 0.25) is 0 Å². The lowest BCUT2D eigenvalue weighted by Crippen LogP contribution is -1.97. The van der Waals surface area contributed by atoms with Gasteiger partial charge in [0.05, 0.1) is 0 Å². The molecule has 12 heavy (non-hydrogen) atoms. The summed E-state index contributed by atoms with van der Waals surface area (Å²) in [4.78, 5) is 3.97. The van der Waals surface area contributed by atoms with Gasteiger partial charge in [0.25, 0.3) is 0 Å².